The van der Waals surface area contributed by atoms with Gasteiger partial charge in [-0.2, -0.15) is 0 Å². The summed E-state index contributed by atoms with van der Waals surface area (Å²) in [5, 5.41) is 12.1. The summed E-state index contributed by atoms with van der Waals surface area (Å²) in [5.74, 6) is 0.618. The Morgan fingerprint density at radius 1 is 1.25 bits per heavy atom. The monoisotopic (exact) mass is 218 g/mol. The molecule has 2 rings (SSSR count). The van der Waals surface area contributed by atoms with Gasteiger partial charge in [-0.15, -0.1) is 15.0 Å². The molecule has 0 aliphatic heterocycles. The van der Waals surface area contributed by atoms with Crippen molar-refractivity contribution in [1.29, 1.82) is 0 Å². The molecule has 0 spiro atoms. The number of tetrazole rings is 1. The number of hydrogen-bond acceptors (Lipinski definition) is 4. The maximum absolute atomic E-state index is 5.38. The fourth-order valence-electron chi connectivity index (χ4n) is 1.22. The van der Waals surface area contributed by atoms with Crippen molar-refractivity contribution in [3.05, 3.63) is 30.3 Å². The van der Waals surface area contributed by atoms with Crippen LogP contribution in [0.5, 0.6) is 0 Å². The number of rotatable bonds is 4. The SMILES string of the molecule is CC(C)OCn1nnc(-c2ccccc2)n1. The Hall–Kier alpha value is -1.75. The van der Waals surface area contributed by atoms with Crippen LogP contribution in [0.1, 0.15) is 13.8 Å². The lowest BCUT2D eigenvalue weighted by Gasteiger charge is -2.04. The third kappa shape index (κ3) is 2.64. The average Bonchev–Trinajstić information content (AvgIpc) is 2.76. The standard InChI is InChI=1S/C11H14N4O/c1-9(2)16-8-15-13-11(12-14-15)10-6-4-3-5-7-10/h3-7,9H,8H2,1-2H3. The molecule has 0 amide bonds. The van der Waals surface area contributed by atoms with Gasteiger partial charge in [-0.3, -0.25) is 0 Å². The van der Waals surface area contributed by atoms with E-state index in [4.69, 9.17) is 4.74 Å². The molecule has 0 bridgehead atoms. The molecule has 0 unspecified atom stereocenters. The zero-order valence-electron chi connectivity index (χ0n) is 9.37. The first-order valence-electron chi connectivity index (χ1n) is 5.20. The zero-order chi connectivity index (χ0) is 11.4. The number of ether oxygens (including phenoxy) is 1. The van der Waals surface area contributed by atoms with Crippen LogP contribution in [0.3, 0.4) is 0 Å². The Bertz CT molecular complexity index is 438. The van der Waals surface area contributed by atoms with Crippen molar-refractivity contribution < 1.29 is 4.74 Å². The molecular weight excluding hydrogens is 204 g/mol. The summed E-state index contributed by atoms with van der Waals surface area (Å²) in [6.45, 7) is 4.27. The van der Waals surface area contributed by atoms with E-state index in [1.165, 1.54) is 4.80 Å². The zero-order valence-corrected chi connectivity index (χ0v) is 9.37. The molecule has 0 saturated carbocycles. The molecule has 0 saturated heterocycles. The summed E-state index contributed by atoms with van der Waals surface area (Å²) in [6, 6.07) is 9.74. The summed E-state index contributed by atoms with van der Waals surface area (Å²) in [6.07, 6.45) is 0.158. The highest BCUT2D eigenvalue weighted by molar-refractivity contribution is 5.52. The lowest BCUT2D eigenvalue weighted by molar-refractivity contribution is 0.0136. The molecule has 0 aliphatic carbocycles. The first kappa shape index (κ1) is 10.8. The minimum absolute atomic E-state index is 0.158. The minimum Gasteiger partial charge on any atom is -0.355 e. The maximum Gasteiger partial charge on any atom is 0.205 e. The average molecular weight is 218 g/mol. The molecule has 1 aromatic carbocycles. The van der Waals surface area contributed by atoms with Crippen molar-refractivity contribution in [2.75, 3.05) is 0 Å². The van der Waals surface area contributed by atoms with Crippen LogP contribution in [-0.4, -0.2) is 26.3 Å². The van der Waals surface area contributed by atoms with E-state index in [0.717, 1.165) is 5.56 Å². The first-order chi connectivity index (χ1) is 7.75. The molecule has 0 N–H and O–H groups in total. The lowest BCUT2D eigenvalue weighted by Crippen LogP contribution is -2.10. The molecule has 84 valence electrons. The van der Waals surface area contributed by atoms with Crippen molar-refractivity contribution in [2.45, 2.75) is 26.7 Å². The van der Waals surface area contributed by atoms with Gasteiger partial charge in [0.2, 0.25) is 5.82 Å². The van der Waals surface area contributed by atoms with Crippen molar-refractivity contribution in [2.24, 2.45) is 0 Å². The van der Waals surface area contributed by atoms with Crippen LogP contribution in [0.15, 0.2) is 30.3 Å². The molecule has 5 heteroatoms. The molecule has 1 heterocycles. The van der Waals surface area contributed by atoms with E-state index in [0.29, 0.717) is 12.6 Å². The Balaban J connectivity index is 2.08. The molecular formula is C11H14N4O. The molecule has 5 nitrogen and oxygen atoms in total. The van der Waals surface area contributed by atoms with Gasteiger partial charge in [-0.25, -0.2) is 0 Å². The van der Waals surface area contributed by atoms with Gasteiger partial charge >= 0.3 is 0 Å². The highest BCUT2D eigenvalue weighted by Crippen LogP contribution is 2.11. The predicted molar refractivity (Wildman–Crippen MR) is 59.5 cm³/mol. The Morgan fingerprint density at radius 2 is 2.00 bits per heavy atom. The van der Waals surface area contributed by atoms with Crippen LogP contribution in [-0.2, 0) is 11.5 Å². The summed E-state index contributed by atoms with van der Waals surface area (Å²) in [4.78, 5) is 1.45. The van der Waals surface area contributed by atoms with Gasteiger partial charge in [-0.05, 0) is 19.1 Å². The van der Waals surface area contributed by atoms with Gasteiger partial charge in [-0.1, -0.05) is 30.3 Å². The van der Waals surface area contributed by atoms with Gasteiger partial charge in [0.05, 0.1) is 6.10 Å². The predicted octanol–water partition coefficient (Wildman–Crippen LogP) is 1.72. The van der Waals surface area contributed by atoms with Crippen LogP contribution >= 0.6 is 0 Å². The normalized spacial score (nSPS) is 10.9. The lowest BCUT2D eigenvalue weighted by atomic mass is 10.2. The van der Waals surface area contributed by atoms with E-state index in [1.54, 1.807) is 0 Å². The van der Waals surface area contributed by atoms with Crippen molar-refractivity contribution >= 4 is 0 Å². The van der Waals surface area contributed by atoms with Crippen LogP contribution < -0.4 is 0 Å². The van der Waals surface area contributed by atoms with Crippen LogP contribution in [0, 0.1) is 0 Å². The van der Waals surface area contributed by atoms with Gasteiger partial charge in [0.1, 0.15) is 0 Å². The molecule has 0 aliphatic rings. The van der Waals surface area contributed by atoms with Crippen LogP contribution in [0.4, 0.5) is 0 Å². The van der Waals surface area contributed by atoms with Crippen LogP contribution in [0.2, 0.25) is 0 Å². The summed E-state index contributed by atoms with van der Waals surface area (Å²) < 4.78 is 5.38. The number of aromatic nitrogens is 4. The van der Waals surface area contributed by atoms with Gasteiger partial charge in [0.25, 0.3) is 0 Å². The van der Waals surface area contributed by atoms with E-state index in [2.05, 4.69) is 15.4 Å². The smallest absolute Gasteiger partial charge is 0.205 e. The van der Waals surface area contributed by atoms with Crippen molar-refractivity contribution in [3.63, 3.8) is 0 Å². The van der Waals surface area contributed by atoms with Gasteiger partial charge < -0.3 is 4.74 Å². The number of nitrogens with zero attached hydrogens (tertiary/aromatic N) is 4. The summed E-state index contributed by atoms with van der Waals surface area (Å²) >= 11 is 0. The minimum atomic E-state index is 0.158. The second-order valence-electron chi connectivity index (χ2n) is 3.70. The summed E-state index contributed by atoms with van der Waals surface area (Å²) in [5.41, 5.74) is 0.957. The Kier molecular flexibility index (Phi) is 3.26. The van der Waals surface area contributed by atoms with Gasteiger partial charge in [0, 0.05) is 5.56 Å². The molecule has 1 aromatic heterocycles. The van der Waals surface area contributed by atoms with E-state index in [9.17, 15) is 0 Å². The second kappa shape index (κ2) is 4.85. The van der Waals surface area contributed by atoms with E-state index >= 15 is 0 Å². The van der Waals surface area contributed by atoms with E-state index in [1.807, 2.05) is 44.2 Å². The highest BCUT2D eigenvalue weighted by Gasteiger charge is 2.05. The van der Waals surface area contributed by atoms with Gasteiger partial charge in [0.15, 0.2) is 6.73 Å². The van der Waals surface area contributed by atoms with Crippen molar-refractivity contribution in [1.82, 2.24) is 20.2 Å². The van der Waals surface area contributed by atoms with Crippen LogP contribution in [0.25, 0.3) is 11.4 Å². The quantitative estimate of drug-likeness (QED) is 0.784. The fraction of sp³-hybridized carbons (Fsp3) is 0.364. The summed E-state index contributed by atoms with van der Waals surface area (Å²) in [7, 11) is 0. The topological polar surface area (TPSA) is 52.8 Å². The second-order valence-corrected chi connectivity index (χ2v) is 3.70. The Labute approximate surface area is 94.0 Å². The molecule has 2 aromatic rings. The third-order valence-electron chi connectivity index (χ3n) is 2.01. The number of hydrogen-bond donors (Lipinski definition) is 0. The maximum atomic E-state index is 5.38. The Morgan fingerprint density at radius 3 is 2.69 bits per heavy atom. The number of benzene rings is 1. The van der Waals surface area contributed by atoms with E-state index in [-0.39, 0.29) is 6.10 Å². The largest absolute Gasteiger partial charge is 0.355 e. The first-order valence-corrected chi connectivity index (χ1v) is 5.20. The molecule has 0 fully saturated rings. The van der Waals surface area contributed by atoms with E-state index < -0.39 is 0 Å². The van der Waals surface area contributed by atoms with Crippen molar-refractivity contribution in [3.8, 4) is 11.4 Å². The third-order valence-corrected chi connectivity index (χ3v) is 2.01. The molecule has 0 radical (unpaired) electrons. The molecule has 0 atom stereocenters. The highest BCUT2D eigenvalue weighted by atomic mass is 16.5. The fourth-order valence-corrected chi connectivity index (χ4v) is 1.22. The molecule has 16 heavy (non-hydrogen) atoms.